The van der Waals surface area contributed by atoms with E-state index in [0.717, 1.165) is 25.5 Å². The van der Waals surface area contributed by atoms with Gasteiger partial charge in [-0.05, 0) is 45.4 Å². The van der Waals surface area contributed by atoms with E-state index in [4.69, 9.17) is 9.47 Å². The predicted octanol–water partition coefficient (Wildman–Crippen LogP) is 4.32. The van der Waals surface area contributed by atoms with Crippen molar-refractivity contribution in [3.05, 3.63) is 47.0 Å². The zero-order valence-electron chi connectivity index (χ0n) is 18.7. The molecule has 0 spiro atoms. The summed E-state index contributed by atoms with van der Waals surface area (Å²) in [6.07, 6.45) is 11.1. The Morgan fingerprint density at radius 3 is 2.28 bits per heavy atom. The van der Waals surface area contributed by atoms with Gasteiger partial charge in [0.05, 0.1) is 14.2 Å². The van der Waals surface area contributed by atoms with Crippen LogP contribution >= 0.6 is 0 Å². The number of hydrogen-bond acceptors (Lipinski definition) is 5. The fourth-order valence-electron chi connectivity index (χ4n) is 3.62. The van der Waals surface area contributed by atoms with Gasteiger partial charge in [0.1, 0.15) is 18.5 Å². The van der Waals surface area contributed by atoms with E-state index < -0.39 is 12.2 Å². The van der Waals surface area contributed by atoms with Crippen molar-refractivity contribution >= 4 is 6.29 Å². The number of carbonyl (C=O) groups excluding carboxylic acids is 1. The molecule has 1 aliphatic rings. The summed E-state index contributed by atoms with van der Waals surface area (Å²) in [5, 5.41) is 21.2. The van der Waals surface area contributed by atoms with Gasteiger partial charge in [-0.1, -0.05) is 49.3 Å². The predicted molar refractivity (Wildman–Crippen MR) is 116 cm³/mol. The van der Waals surface area contributed by atoms with Gasteiger partial charge >= 0.3 is 0 Å². The van der Waals surface area contributed by atoms with Crippen LogP contribution < -0.4 is 0 Å². The molecule has 0 saturated carbocycles. The highest BCUT2D eigenvalue weighted by Gasteiger charge is 2.42. The molecule has 5 nitrogen and oxygen atoms in total. The monoisotopic (exact) mass is 406 g/mol. The van der Waals surface area contributed by atoms with Crippen LogP contribution in [-0.4, -0.2) is 42.9 Å². The smallest absolute Gasteiger partial charge is 0.165 e. The van der Waals surface area contributed by atoms with Gasteiger partial charge in [0.2, 0.25) is 0 Å². The van der Waals surface area contributed by atoms with Crippen LogP contribution in [0.4, 0.5) is 0 Å². The van der Waals surface area contributed by atoms with Crippen LogP contribution in [0.3, 0.4) is 0 Å². The second-order valence-electron chi connectivity index (χ2n) is 8.05. The Labute approximate surface area is 175 Å². The van der Waals surface area contributed by atoms with Gasteiger partial charge in [0, 0.05) is 11.8 Å². The lowest BCUT2D eigenvalue weighted by atomic mass is 9.76. The summed E-state index contributed by atoms with van der Waals surface area (Å²) in [5.41, 5.74) is 2.54. The zero-order chi connectivity index (χ0) is 22.0. The van der Waals surface area contributed by atoms with Crippen LogP contribution in [0.25, 0.3) is 0 Å². The largest absolute Gasteiger partial charge is 0.495 e. The van der Waals surface area contributed by atoms with Gasteiger partial charge in [-0.3, -0.25) is 0 Å². The van der Waals surface area contributed by atoms with E-state index in [0.29, 0.717) is 17.9 Å². The highest BCUT2D eigenvalue weighted by Crippen LogP contribution is 2.37. The molecule has 5 heteroatoms. The van der Waals surface area contributed by atoms with Crippen molar-refractivity contribution < 1.29 is 24.5 Å². The molecule has 0 aliphatic heterocycles. The SMILES string of the molecule is COC1=C(OC)C(O)C(CC=C(C)CCC=C(C)C/C=C/C(C)C=O)C(C)C1O. The Morgan fingerprint density at radius 2 is 1.69 bits per heavy atom. The van der Waals surface area contributed by atoms with E-state index in [9.17, 15) is 15.0 Å². The number of aliphatic hydroxyl groups excluding tert-OH is 2. The Hall–Kier alpha value is -1.85. The van der Waals surface area contributed by atoms with E-state index in [2.05, 4.69) is 26.0 Å². The molecular formula is C24H38O5. The summed E-state index contributed by atoms with van der Waals surface area (Å²) in [4.78, 5) is 10.6. The molecular weight excluding hydrogens is 368 g/mol. The molecule has 5 unspecified atom stereocenters. The van der Waals surface area contributed by atoms with Gasteiger partial charge in [0.25, 0.3) is 0 Å². The molecule has 1 aliphatic carbocycles. The minimum Gasteiger partial charge on any atom is -0.495 e. The van der Waals surface area contributed by atoms with E-state index >= 15 is 0 Å². The van der Waals surface area contributed by atoms with E-state index in [1.165, 1.54) is 25.4 Å². The third-order valence-electron chi connectivity index (χ3n) is 5.66. The van der Waals surface area contributed by atoms with Crippen molar-refractivity contribution in [2.75, 3.05) is 14.2 Å². The molecule has 0 heterocycles. The summed E-state index contributed by atoms with van der Waals surface area (Å²) >= 11 is 0. The van der Waals surface area contributed by atoms with Crippen molar-refractivity contribution in [1.29, 1.82) is 0 Å². The summed E-state index contributed by atoms with van der Waals surface area (Å²) in [6, 6.07) is 0. The molecule has 1 rings (SSSR count). The second-order valence-corrected chi connectivity index (χ2v) is 8.05. The average molecular weight is 407 g/mol. The Bertz CT molecular complexity index is 644. The average Bonchev–Trinajstić information content (AvgIpc) is 2.70. The van der Waals surface area contributed by atoms with Crippen molar-refractivity contribution in [3.63, 3.8) is 0 Å². The maximum Gasteiger partial charge on any atom is 0.165 e. The number of methoxy groups -OCH3 is 2. The van der Waals surface area contributed by atoms with Crippen LogP contribution in [0.15, 0.2) is 47.0 Å². The van der Waals surface area contributed by atoms with Crippen LogP contribution in [0, 0.1) is 17.8 Å². The third kappa shape index (κ3) is 7.48. The maximum absolute atomic E-state index is 10.7. The van der Waals surface area contributed by atoms with Crippen LogP contribution in [0.2, 0.25) is 0 Å². The second kappa shape index (κ2) is 12.7. The molecule has 0 radical (unpaired) electrons. The van der Waals surface area contributed by atoms with Crippen molar-refractivity contribution in [2.45, 2.75) is 65.6 Å². The normalized spacial score (nSPS) is 27.3. The quantitative estimate of drug-likeness (QED) is 0.395. The van der Waals surface area contributed by atoms with Gasteiger partial charge in [-0.25, -0.2) is 0 Å². The van der Waals surface area contributed by atoms with E-state index in [1.54, 1.807) is 0 Å². The molecule has 5 atom stereocenters. The topological polar surface area (TPSA) is 76.0 Å². The lowest BCUT2D eigenvalue weighted by Gasteiger charge is -2.38. The molecule has 0 amide bonds. The van der Waals surface area contributed by atoms with Crippen LogP contribution in [-0.2, 0) is 14.3 Å². The van der Waals surface area contributed by atoms with Crippen LogP contribution in [0.5, 0.6) is 0 Å². The van der Waals surface area contributed by atoms with Crippen LogP contribution in [0.1, 0.15) is 53.4 Å². The number of hydrogen-bond donors (Lipinski definition) is 2. The van der Waals surface area contributed by atoms with Crippen molar-refractivity contribution in [2.24, 2.45) is 17.8 Å². The minimum absolute atomic E-state index is 0.0301. The third-order valence-corrected chi connectivity index (χ3v) is 5.66. The van der Waals surface area contributed by atoms with Gasteiger partial charge in [-0.2, -0.15) is 0 Å². The minimum atomic E-state index is -0.792. The lowest BCUT2D eigenvalue weighted by molar-refractivity contribution is -0.109. The first-order valence-corrected chi connectivity index (χ1v) is 10.4. The zero-order valence-corrected chi connectivity index (χ0v) is 18.7. The molecule has 0 aromatic rings. The Kier molecular flexibility index (Phi) is 11.0. The number of aldehydes is 1. The fraction of sp³-hybridized carbons (Fsp3) is 0.625. The van der Waals surface area contributed by atoms with E-state index in [1.807, 2.05) is 26.0 Å². The molecule has 0 bridgehead atoms. The number of aliphatic hydroxyl groups is 2. The Morgan fingerprint density at radius 1 is 1.07 bits per heavy atom. The summed E-state index contributed by atoms with van der Waals surface area (Å²) in [7, 11) is 2.97. The molecule has 2 N–H and O–H groups in total. The summed E-state index contributed by atoms with van der Waals surface area (Å²) in [5.74, 6) is 0.352. The van der Waals surface area contributed by atoms with Gasteiger partial charge < -0.3 is 24.5 Å². The first kappa shape index (κ1) is 25.2. The fourth-order valence-corrected chi connectivity index (χ4v) is 3.62. The summed E-state index contributed by atoms with van der Waals surface area (Å²) < 4.78 is 10.5. The number of ether oxygens (including phenoxy) is 2. The molecule has 0 aromatic heterocycles. The maximum atomic E-state index is 10.7. The molecule has 164 valence electrons. The molecule has 29 heavy (non-hydrogen) atoms. The first-order chi connectivity index (χ1) is 13.8. The van der Waals surface area contributed by atoms with E-state index in [-0.39, 0.29) is 17.8 Å². The number of rotatable bonds is 11. The van der Waals surface area contributed by atoms with Crippen molar-refractivity contribution in [3.8, 4) is 0 Å². The summed E-state index contributed by atoms with van der Waals surface area (Å²) in [6.45, 7) is 8.00. The molecule has 0 saturated heterocycles. The highest BCUT2D eigenvalue weighted by molar-refractivity contribution is 5.55. The first-order valence-electron chi connectivity index (χ1n) is 10.4. The Balaban J connectivity index is 2.62. The van der Waals surface area contributed by atoms with Gasteiger partial charge in [-0.15, -0.1) is 0 Å². The number of carbonyl (C=O) groups is 1. The number of allylic oxidation sites excluding steroid dienone is 6. The standard InChI is InChI=1S/C24H38O5/c1-16(10-8-12-18(3)15-25)9-7-11-17(2)13-14-20-19(4)21(26)23(28-5)24(29-6)22(20)27/h8-9,12-13,15,18-22,26-27H,7,10-11,14H2,1-6H3/b12-8+,16-9?,17-13?. The lowest BCUT2D eigenvalue weighted by Crippen LogP contribution is -2.42. The molecule has 0 aromatic carbocycles. The highest BCUT2D eigenvalue weighted by atomic mass is 16.5. The van der Waals surface area contributed by atoms with Gasteiger partial charge in [0.15, 0.2) is 11.5 Å². The molecule has 0 fully saturated rings. The van der Waals surface area contributed by atoms with Crippen molar-refractivity contribution in [1.82, 2.24) is 0 Å².